The first-order valence-corrected chi connectivity index (χ1v) is 9.24. The van der Waals surface area contributed by atoms with Crippen LogP contribution in [-0.4, -0.2) is 35.1 Å². The molecule has 0 aliphatic heterocycles. The van der Waals surface area contributed by atoms with Gasteiger partial charge in [0, 0.05) is 12.1 Å². The molecule has 0 fully saturated rings. The van der Waals surface area contributed by atoms with Gasteiger partial charge in [-0.15, -0.1) is 0 Å². The fourth-order valence-electron chi connectivity index (χ4n) is 2.84. The first kappa shape index (κ1) is 19.9. The van der Waals surface area contributed by atoms with Crippen molar-refractivity contribution in [2.24, 2.45) is 0 Å². The third-order valence-electron chi connectivity index (χ3n) is 4.44. The minimum Gasteiger partial charge on any atom is -0.504 e. The number of carbonyl (C=O) groups is 2. The van der Waals surface area contributed by atoms with Crippen LogP contribution in [0.1, 0.15) is 15.9 Å². The molecule has 3 rings (SSSR count). The number of phenolic OH excluding ortho intramolecular Hbond substituents is 2. The van der Waals surface area contributed by atoms with Crippen LogP contribution < -0.4 is 10.6 Å². The number of amides is 2. The molecule has 6 nitrogen and oxygen atoms in total. The van der Waals surface area contributed by atoms with E-state index in [1.807, 2.05) is 42.5 Å². The Morgan fingerprint density at radius 2 is 1.45 bits per heavy atom. The van der Waals surface area contributed by atoms with E-state index in [2.05, 4.69) is 10.6 Å². The monoisotopic (exact) mass is 390 g/mol. The number of nitrogens with one attached hydrogen (secondary N) is 2. The second kappa shape index (κ2) is 9.41. The second-order valence-electron chi connectivity index (χ2n) is 6.55. The van der Waals surface area contributed by atoms with Gasteiger partial charge in [0.2, 0.25) is 5.91 Å². The van der Waals surface area contributed by atoms with Gasteiger partial charge in [0.15, 0.2) is 11.5 Å². The molecule has 0 aliphatic rings. The number of phenols is 2. The molecule has 0 unspecified atom stereocenters. The summed E-state index contributed by atoms with van der Waals surface area (Å²) >= 11 is 0. The Morgan fingerprint density at radius 1 is 0.759 bits per heavy atom. The lowest BCUT2D eigenvalue weighted by Crippen LogP contribution is -2.37. The van der Waals surface area contributed by atoms with Gasteiger partial charge in [0.25, 0.3) is 5.91 Å². The fraction of sp³-hybridized carbons (Fsp3) is 0.130. The normalized spacial score (nSPS) is 10.3. The van der Waals surface area contributed by atoms with Gasteiger partial charge < -0.3 is 20.8 Å². The molecular weight excluding hydrogens is 368 g/mol. The number of aromatic hydroxyl groups is 2. The molecule has 0 heterocycles. The standard InChI is InChI=1S/C23H22N2O4/c26-20-11-6-16(14-21(20)27)12-13-24-22(28)15-25-23(29)19-9-7-18(8-10-19)17-4-2-1-3-5-17/h1-11,14,26-27H,12-13,15H2,(H,24,28)(H,25,29). The summed E-state index contributed by atoms with van der Waals surface area (Å²) in [7, 11) is 0. The van der Waals surface area contributed by atoms with E-state index in [9.17, 15) is 19.8 Å². The third-order valence-corrected chi connectivity index (χ3v) is 4.44. The molecule has 2 amide bonds. The summed E-state index contributed by atoms with van der Waals surface area (Å²) in [6.45, 7) is 0.227. The largest absolute Gasteiger partial charge is 0.504 e. The molecule has 3 aromatic carbocycles. The van der Waals surface area contributed by atoms with Crippen molar-refractivity contribution < 1.29 is 19.8 Å². The van der Waals surface area contributed by atoms with Crippen LogP contribution in [0, 0.1) is 0 Å². The van der Waals surface area contributed by atoms with Crippen LogP contribution >= 0.6 is 0 Å². The molecule has 0 saturated carbocycles. The lowest BCUT2D eigenvalue weighted by molar-refractivity contribution is -0.120. The Hall–Kier alpha value is -3.80. The van der Waals surface area contributed by atoms with E-state index >= 15 is 0 Å². The fourth-order valence-corrected chi connectivity index (χ4v) is 2.84. The quantitative estimate of drug-likeness (QED) is 0.466. The number of carbonyl (C=O) groups excluding carboxylic acids is 2. The van der Waals surface area contributed by atoms with Crippen molar-refractivity contribution in [3.63, 3.8) is 0 Å². The number of benzene rings is 3. The Kier molecular flexibility index (Phi) is 6.47. The molecule has 0 spiro atoms. The first-order valence-electron chi connectivity index (χ1n) is 9.24. The van der Waals surface area contributed by atoms with Crippen LogP contribution in [0.2, 0.25) is 0 Å². The minimum absolute atomic E-state index is 0.125. The van der Waals surface area contributed by atoms with Crippen molar-refractivity contribution in [2.75, 3.05) is 13.1 Å². The van der Waals surface area contributed by atoms with Crippen molar-refractivity contribution in [3.05, 3.63) is 83.9 Å². The topological polar surface area (TPSA) is 98.7 Å². The number of hydrogen-bond donors (Lipinski definition) is 4. The molecule has 0 atom stereocenters. The maximum atomic E-state index is 12.2. The molecule has 0 radical (unpaired) electrons. The SMILES string of the molecule is O=C(CNC(=O)c1ccc(-c2ccccc2)cc1)NCCc1ccc(O)c(O)c1. The number of rotatable bonds is 7. The number of hydrogen-bond acceptors (Lipinski definition) is 4. The molecule has 0 saturated heterocycles. The smallest absolute Gasteiger partial charge is 0.251 e. The van der Waals surface area contributed by atoms with Crippen LogP contribution in [0.4, 0.5) is 0 Å². The molecule has 0 aromatic heterocycles. The van der Waals surface area contributed by atoms with Gasteiger partial charge in [0.1, 0.15) is 0 Å². The summed E-state index contributed by atoms with van der Waals surface area (Å²) in [6, 6.07) is 21.6. The Balaban J connectivity index is 1.43. The zero-order valence-corrected chi connectivity index (χ0v) is 15.8. The van der Waals surface area contributed by atoms with Crippen LogP contribution in [0.3, 0.4) is 0 Å². The maximum Gasteiger partial charge on any atom is 0.251 e. The van der Waals surface area contributed by atoms with Crippen LogP contribution in [0.25, 0.3) is 11.1 Å². The van der Waals surface area contributed by atoms with Gasteiger partial charge in [-0.05, 0) is 47.4 Å². The zero-order chi connectivity index (χ0) is 20.6. The zero-order valence-electron chi connectivity index (χ0n) is 15.8. The Bertz CT molecular complexity index is 986. The van der Waals surface area contributed by atoms with E-state index in [1.165, 1.54) is 12.1 Å². The Labute approximate surface area is 168 Å². The summed E-state index contributed by atoms with van der Waals surface area (Å²) in [5.74, 6) is -0.998. The van der Waals surface area contributed by atoms with Gasteiger partial charge in [0.05, 0.1) is 6.54 Å². The van der Waals surface area contributed by atoms with Crippen LogP contribution in [0.15, 0.2) is 72.8 Å². The predicted molar refractivity (Wildman–Crippen MR) is 111 cm³/mol. The van der Waals surface area contributed by atoms with Crippen molar-refractivity contribution >= 4 is 11.8 Å². The molecule has 148 valence electrons. The molecule has 29 heavy (non-hydrogen) atoms. The molecular formula is C23H22N2O4. The van der Waals surface area contributed by atoms with Gasteiger partial charge in [-0.2, -0.15) is 0 Å². The molecule has 3 aromatic rings. The highest BCUT2D eigenvalue weighted by molar-refractivity contribution is 5.96. The van der Waals surface area contributed by atoms with E-state index in [0.29, 0.717) is 18.5 Å². The summed E-state index contributed by atoms with van der Waals surface area (Å²) in [6.07, 6.45) is 0.495. The van der Waals surface area contributed by atoms with Crippen molar-refractivity contribution in [1.29, 1.82) is 0 Å². The highest BCUT2D eigenvalue weighted by Crippen LogP contribution is 2.24. The van der Waals surface area contributed by atoms with Crippen molar-refractivity contribution in [3.8, 4) is 22.6 Å². The van der Waals surface area contributed by atoms with Crippen LogP contribution in [-0.2, 0) is 11.2 Å². The van der Waals surface area contributed by atoms with Crippen molar-refractivity contribution in [2.45, 2.75) is 6.42 Å². The minimum atomic E-state index is -0.316. The van der Waals surface area contributed by atoms with E-state index in [-0.39, 0.29) is 29.9 Å². The molecule has 6 heteroatoms. The average molecular weight is 390 g/mol. The average Bonchev–Trinajstić information content (AvgIpc) is 2.75. The van der Waals surface area contributed by atoms with E-state index in [4.69, 9.17) is 0 Å². The predicted octanol–water partition coefficient (Wildman–Crippen LogP) is 2.85. The molecule has 4 N–H and O–H groups in total. The van der Waals surface area contributed by atoms with E-state index in [1.54, 1.807) is 18.2 Å². The van der Waals surface area contributed by atoms with Gasteiger partial charge in [-0.25, -0.2) is 0 Å². The van der Waals surface area contributed by atoms with E-state index < -0.39 is 0 Å². The van der Waals surface area contributed by atoms with Gasteiger partial charge >= 0.3 is 0 Å². The first-order chi connectivity index (χ1) is 14.0. The maximum absolute atomic E-state index is 12.2. The summed E-state index contributed by atoms with van der Waals surface area (Å²) < 4.78 is 0. The highest BCUT2D eigenvalue weighted by atomic mass is 16.3. The van der Waals surface area contributed by atoms with Crippen LogP contribution in [0.5, 0.6) is 11.5 Å². The van der Waals surface area contributed by atoms with Gasteiger partial charge in [-0.1, -0.05) is 48.5 Å². The van der Waals surface area contributed by atoms with Crippen molar-refractivity contribution in [1.82, 2.24) is 10.6 Å². The molecule has 0 bridgehead atoms. The summed E-state index contributed by atoms with van der Waals surface area (Å²) in [5, 5.41) is 24.0. The highest BCUT2D eigenvalue weighted by Gasteiger charge is 2.08. The summed E-state index contributed by atoms with van der Waals surface area (Å²) in [4.78, 5) is 24.1. The van der Waals surface area contributed by atoms with E-state index in [0.717, 1.165) is 16.7 Å². The summed E-state index contributed by atoms with van der Waals surface area (Å²) in [5.41, 5.74) is 3.35. The molecule has 0 aliphatic carbocycles. The Morgan fingerprint density at radius 3 is 2.14 bits per heavy atom. The second-order valence-corrected chi connectivity index (χ2v) is 6.55. The lowest BCUT2D eigenvalue weighted by atomic mass is 10.0. The van der Waals surface area contributed by atoms with Gasteiger partial charge in [-0.3, -0.25) is 9.59 Å². The third kappa shape index (κ3) is 5.59. The lowest BCUT2D eigenvalue weighted by Gasteiger charge is -2.08.